The second-order valence-corrected chi connectivity index (χ2v) is 4.12. The van der Waals surface area contributed by atoms with Crippen LogP contribution in [0.1, 0.15) is 0 Å². The highest BCUT2D eigenvalue weighted by Crippen LogP contribution is 2.10. The van der Waals surface area contributed by atoms with E-state index in [1.54, 1.807) is 0 Å². The molecule has 0 aromatic heterocycles. The van der Waals surface area contributed by atoms with Crippen LogP contribution >= 0.6 is 11.6 Å². The van der Waals surface area contributed by atoms with Crippen molar-refractivity contribution in [3.63, 3.8) is 0 Å². The topological polar surface area (TPSA) is 32.8 Å². The molecule has 0 aromatic rings. The SMILES string of the molecule is [CH]C([CH])([CH])OC(=O)N1CCN(CCCl)CC1. The number of carbonyl (C=O) groups is 1. The fraction of sp³-hybridized carbons (Fsp3) is 0.636. The smallest absolute Gasteiger partial charge is 0.410 e. The van der Waals surface area contributed by atoms with Gasteiger partial charge < -0.3 is 9.64 Å². The van der Waals surface area contributed by atoms with E-state index in [9.17, 15) is 4.79 Å². The summed E-state index contributed by atoms with van der Waals surface area (Å²) in [6.45, 7) is 19.0. The van der Waals surface area contributed by atoms with Gasteiger partial charge in [-0.25, -0.2) is 4.79 Å². The van der Waals surface area contributed by atoms with Gasteiger partial charge >= 0.3 is 6.09 Å². The molecule has 0 aliphatic carbocycles. The Balaban J connectivity index is 2.33. The number of alkyl halides is 1. The lowest BCUT2D eigenvalue weighted by atomic mass is 10.2. The van der Waals surface area contributed by atoms with Crippen molar-refractivity contribution in [2.45, 2.75) is 5.60 Å². The van der Waals surface area contributed by atoms with Crippen molar-refractivity contribution < 1.29 is 9.53 Å². The van der Waals surface area contributed by atoms with Gasteiger partial charge in [-0.2, -0.15) is 0 Å². The zero-order chi connectivity index (χ0) is 12.2. The number of amides is 1. The molecule has 0 spiro atoms. The first-order chi connectivity index (χ1) is 7.42. The maximum atomic E-state index is 11.5. The van der Waals surface area contributed by atoms with Gasteiger partial charge in [0.05, 0.1) is 0 Å². The van der Waals surface area contributed by atoms with Gasteiger partial charge in [-0.15, -0.1) is 11.6 Å². The number of ether oxygens (including phenoxy) is 1. The molecule has 1 rings (SSSR count). The van der Waals surface area contributed by atoms with Crippen LogP contribution < -0.4 is 0 Å². The van der Waals surface area contributed by atoms with E-state index in [4.69, 9.17) is 32.4 Å². The predicted molar refractivity (Wildman–Crippen MR) is 60.8 cm³/mol. The molecule has 0 N–H and O–H groups in total. The van der Waals surface area contributed by atoms with Gasteiger partial charge in [0.1, 0.15) is 5.60 Å². The third kappa shape index (κ3) is 4.58. The molecular formula is C11H15ClN2O2. The molecule has 5 heteroatoms. The van der Waals surface area contributed by atoms with Crippen LogP contribution in [0.3, 0.4) is 0 Å². The molecular weight excluding hydrogens is 228 g/mol. The predicted octanol–water partition coefficient (Wildman–Crippen LogP) is 0.851. The highest BCUT2D eigenvalue weighted by molar-refractivity contribution is 6.18. The monoisotopic (exact) mass is 242 g/mol. The molecule has 0 unspecified atom stereocenters. The minimum atomic E-state index is -1.91. The van der Waals surface area contributed by atoms with Crippen LogP contribution in [0.15, 0.2) is 0 Å². The normalized spacial score (nSPS) is 18.6. The maximum absolute atomic E-state index is 11.5. The lowest BCUT2D eigenvalue weighted by molar-refractivity contribution is 0.0480. The van der Waals surface area contributed by atoms with Crippen molar-refractivity contribution in [2.75, 3.05) is 38.6 Å². The summed E-state index contributed by atoms with van der Waals surface area (Å²) in [6, 6.07) is 0. The summed E-state index contributed by atoms with van der Waals surface area (Å²) in [5.74, 6) is 0.585. The summed E-state index contributed by atoms with van der Waals surface area (Å²) in [4.78, 5) is 15.2. The first-order valence-electron chi connectivity index (χ1n) is 5.05. The highest BCUT2D eigenvalue weighted by atomic mass is 35.5. The van der Waals surface area contributed by atoms with E-state index in [-0.39, 0.29) is 0 Å². The molecule has 1 aliphatic heterocycles. The van der Waals surface area contributed by atoms with Crippen LogP contribution in [0.4, 0.5) is 4.79 Å². The summed E-state index contributed by atoms with van der Waals surface area (Å²) in [5, 5.41) is 0. The van der Waals surface area contributed by atoms with Crippen molar-refractivity contribution in [2.24, 2.45) is 0 Å². The molecule has 0 aromatic carbocycles. The second-order valence-electron chi connectivity index (χ2n) is 3.74. The van der Waals surface area contributed by atoms with Gasteiger partial charge in [0.15, 0.2) is 0 Å². The van der Waals surface area contributed by atoms with E-state index < -0.39 is 11.7 Å². The Kier molecular flexibility index (Phi) is 4.87. The van der Waals surface area contributed by atoms with Crippen LogP contribution in [-0.4, -0.2) is 60.1 Å². The van der Waals surface area contributed by atoms with E-state index >= 15 is 0 Å². The molecule has 0 saturated carbocycles. The van der Waals surface area contributed by atoms with Gasteiger partial charge in [-0.05, 0) is 0 Å². The van der Waals surface area contributed by atoms with Crippen molar-refractivity contribution in [1.29, 1.82) is 0 Å². The molecule has 1 saturated heterocycles. The largest absolute Gasteiger partial charge is 0.442 e. The molecule has 1 aliphatic rings. The Labute approximate surface area is 102 Å². The van der Waals surface area contributed by atoms with Gasteiger partial charge in [-0.1, -0.05) is 0 Å². The Bertz CT molecular complexity index is 233. The lowest BCUT2D eigenvalue weighted by Crippen LogP contribution is -2.50. The molecule has 0 bridgehead atoms. The van der Waals surface area contributed by atoms with Crippen molar-refractivity contribution >= 4 is 17.7 Å². The third-order valence-corrected chi connectivity index (χ3v) is 2.46. The first kappa shape index (κ1) is 13.6. The molecule has 1 heterocycles. The average molecular weight is 243 g/mol. The summed E-state index contributed by atoms with van der Waals surface area (Å²) in [6.07, 6.45) is -0.585. The molecule has 88 valence electrons. The molecule has 1 fully saturated rings. The van der Waals surface area contributed by atoms with Gasteiger partial charge in [-0.3, -0.25) is 4.90 Å². The summed E-state index contributed by atoms with van der Waals surface area (Å²) in [7, 11) is 0. The van der Waals surface area contributed by atoms with E-state index in [2.05, 4.69) is 9.64 Å². The highest BCUT2D eigenvalue weighted by Gasteiger charge is 2.25. The van der Waals surface area contributed by atoms with Gasteiger partial charge in [0.2, 0.25) is 0 Å². The van der Waals surface area contributed by atoms with Crippen molar-refractivity contribution in [1.82, 2.24) is 9.80 Å². The minimum Gasteiger partial charge on any atom is -0.442 e. The molecule has 16 heavy (non-hydrogen) atoms. The second kappa shape index (κ2) is 5.73. The van der Waals surface area contributed by atoms with Crippen LogP contribution in [-0.2, 0) is 4.74 Å². The summed E-state index contributed by atoms with van der Waals surface area (Å²) < 4.78 is 4.65. The van der Waals surface area contributed by atoms with E-state index in [1.165, 1.54) is 4.90 Å². The van der Waals surface area contributed by atoms with E-state index in [0.717, 1.165) is 19.6 Å². The van der Waals surface area contributed by atoms with Crippen molar-refractivity contribution in [3.8, 4) is 0 Å². The first-order valence-corrected chi connectivity index (χ1v) is 5.58. The number of carbonyl (C=O) groups excluding carboxylic acids is 1. The van der Waals surface area contributed by atoms with Crippen LogP contribution in [0.25, 0.3) is 0 Å². The fourth-order valence-corrected chi connectivity index (χ4v) is 1.73. The maximum Gasteiger partial charge on any atom is 0.410 e. The number of nitrogens with zero attached hydrogens (tertiary/aromatic N) is 2. The lowest BCUT2D eigenvalue weighted by Gasteiger charge is -2.35. The van der Waals surface area contributed by atoms with E-state index in [1.807, 2.05) is 0 Å². The molecule has 4 nitrogen and oxygen atoms in total. The Hall–Kier alpha value is -0.480. The summed E-state index contributed by atoms with van der Waals surface area (Å²) >= 11 is 5.62. The number of rotatable bonds is 3. The van der Waals surface area contributed by atoms with Crippen molar-refractivity contribution in [3.05, 3.63) is 20.8 Å². The quantitative estimate of drug-likeness (QED) is 0.688. The van der Waals surface area contributed by atoms with Gasteiger partial charge in [0, 0.05) is 59.4 Å². The number of hydrogen-bond acceptors (Lipinski definition) is 3. The average Bonchev–Trinajstić information content (AvgIpc) is 2.16. The number of hydrogen-bond donors (Lipinski definition) is 0. The Morgan fingerprint density at radius 1 is 1.25 bits per heavy atom. The Morgan fingerprint density at radius 3 is 2.25 bits per heavy atom. The number of piperazine rings is 1. The van der Waals surface area contributed by atoms with Crippen LogP contribution in [0.2, 0.25) is 0 Å². The Morgan fingerprint density at radius 2 is 1.81 bits per heavy atom. The molecule has 0 atom stereocenters. The standard InChI is InChI=1S/C11H15ClN2O2/c1-11(2,3)16-10(15)14-8-6-13(5-4-12)7-9-14/h1-3H,4-9H2. The third-order valence-electron chi connectivity index (χ3n) is 2.30. The summed E-state index contributed by atoms with van der Waals surface area (Å²) in [5.41, 5.74) is -1.91. The van der Waals surface area contributed by atoms with Crippen LogP contribution in [0, 0.1) is 20.8 Å². The zero-order valence-electron chi connectivity index (χ0n) is 9.06. The zero-order valence-corrected chi connectivity index (χ0v) is 9.82. The van der Waals surface area contributed by atoms with Gasteiger partial charge in [0.25, 0.3) is 0 Å². The number of halogens is 1. The molecule has 1 amide bonds. The minimum absolute atomic E-state index is 0.561. The van der Waals surface area contributed by atoms with Crippen LogP contribution in [0.5, 0.6) is 0 Å². The molecule has 6 radical (unpaired) electrons. The van der Waals surface area contributed by atoms with E-state index in [0.29, 0.717) is 19.0 Å². The fourth-order valence-electron chi connectivity index (χ4n) is 1.49.